The second-order valence-corrected chi connectivity index (χ2v) is 7.36. The van der Waals surface area contributed by atoms with Crippen molar-refractivity contribution in [1.82, 2.24) is 0 Å². The first-order valence-corrected chi connectivity index (χ1v) is 9.65. The molecule has 0 spiro atoms. The van der Waals surface area contributed by atoms with Crippen LogP contribution in [0.4, 0.5) is 21.5 Å². The number of halogens is 1. The lowest BCUT2D eigenvalue weighted by molar-refractivity contribution is -0.384. The van der Waals surface area contributed by atoms with E-state index in [0.717, 1.165) is 18.2 Å². The Morgan fingerprint density at radius 3 is 2.59 bits per heavy atom. The molecule has 1 saturated heterocycles. The van der Waals surface area contributed by atoms with E-state index in [2.05, 4.69) is 0 Å². The highest BCUT2D eigenvalue weighted by molar-refractivity contribution is 5.97. The molecule has 1 fully saturated rings. The quantitative estimate of drug-likeness (QED) is 0.581. The van der Waals surface area contributed by atoms with Gasteiger partial charge in [0.25, 0.3) is 5.69 Å². The zero-order valence-electron chi connectivity index (χ0n) is 16.1. The molecule has 4 rings (SSSR count). The smallest absolute Gasteiger partial charge is 0.295 e. The number of para-hydroxylation sites is 1. The van der Waals surface area contributed by atoms with E-state index < -0.39 is 10.7 Å². The van der Waals surface area contributed by atoms with Crippen molar-refractivity contribution in [2.75, 3.05) is 36.5 Å². The molecule has 0 atom stereocenters. The minimum absolute atomic E-state index is 0.0301. The lowest BCUT2D eigenvalue weighted by Crippen LogP contribution is -2.42. The summed E-state index contributed by atoms with van der Waals surface area (Å²) in [4.78, 5) is 27.6. The summed E-state index contributed by atoms with van der Waals surface area (Å²) in [5.74, 6) is -0.808. The van der Waals surface area contributed by atoms with Crippen molar-refractivity contribution in [3.05, 3.63) is 57.9 Å². The Balaban J connectivity index is 1.49. The van der Waals surface area contributed by atoms with Crippen molar-refractivity contribution in [2.45, 2.75) is 19.3 Å². The van der Waals surface area contributed by atoms with Crippen molar-refractivity contribution in [2.24, 2.45) is 5.92 Å². The average Bonchev–Trinajstić information content (AvgIpc) is 3.17. The number of ether oxygens (including phenoxy) is 1. The molecule has 152 valence electrons. The molecule has 29 heavy (non-hydrogen) atoms. The number of piperidine rings is 1. The molecule has 0 aliphatic carbocycles. The van der Waals surface area contributed by atoms with Crippen LogP contribution in [-0.2, 0) is 11.2 Å². The summed E-state index contributed by atoms with van der Waals surface area (Å²) in [5.41, 5.74) is 2.21. The van der Waals surface area contributed by atoms with E-state index in [-0.39, 0.29) is 23.3 Å². The molecule has 0 N–H and O–H groups in total. The van der Waals surface area contributed by atoms with Gasteiger partial charge in [-0.15, -0.1) is 0 Å². The first kappa shape index (κ1) is 19.2. The summed E-state index contributed by atoms with van der Waals surface area (Å²) >= 11 is 0. The largest absolute Gasteiger partial charge is 0.494 e. The van der Waals surface area contributed by atoms with Crippen LogP contribution in [0.5, 0.6) is 5.75 Å². The molecule has 0 saturated carbocycles. The van der Waals surface area contributed by atoms with Crippen molar-refractivity contribution in [3.8, 4) is 5.75 Å². The fourth-order valence-electron chi connectivity index (χ4n) is 4.24. The van der Waals surface area contributed by atoms with Crippen LogP contribution >= 0.6 is 0 Å². The van der Waals surface area contributed by atoms with Crippen LogP contribution < -0.4 is 14.5 Å². The first-order valence-electron chi connectivity index (χ1n) is 9.65. The SMILES string of the molecule is COc1cc(N2CCC(C(=O)N3CCc4ccccc43)CC2)c([N+](=O)[O-])cc1F. The standard InChI is InChI=1S/C21H22FN3O4/c1-29-20-13-18(19(25(27)28)12-16(20)22)23-9-6-15(7-10-23)21(26)24-11-8-14-4-2-3-5-17(14)24/h2-5,12-13,15H,6-11H2,1H3. The van der Waals surface area contributed by atoms with Crippen LogP contribution in [0, 0.1) is 21.8 Å². The van der Waals surface area contributed by atoms with Crippen molar-refractivity contribution in [3.63, 3.8) is 0 Å². The summed E-state index contributed by atoms with van der Waals surface area (Å²) in [7, 11) is 1.33. The maximum absolute atomic E-state index is 13.9. The second kappa shape index (κ2) is 7.69. The van der Waals surface area contributed by atoms with E-state index in [0.29, 0.717) is 38.2 Å². The fourth-order valence-corrected chi connectivity index (χ4v) is 4.24. The maximum atomic E-state index is 13.9. The van der Waals surface area contributed by atoms with E-state index in [4.69, 9.17) is 4.74 Å². The van der Waals surface area contributed by atoms with E-state index in [1.54, 1.807) is 0 Å². The summed E-state index contributed by atoms with van der Waals surface area (Å²) in [5, 5.41) is 11.4. The molecule has 0 unspecified atom stereocenters. The van der Waals surface area contributed by atoms with Crippen molar-refractivity contribution < 1.29 is 18.8 Å². The summed E-state index contributed by atoms with van der Waals surface area (Å²) in [6, 6.07) is 10.2. The molecule has 2 aromatic carbocycles. The predicted octanol–water partition coefficient (Wildman–Crippen LogP) is 3.55. The molecule has 0 bridgehead atoms. The van der Waals surface area contributed by atoms with E-state index in [9.17, 15) is 19.3 Å². The number of hydrogen-bond acceptors (Lipinski definition) is 5. The molecular weight excluding hydrogens is 377 g/mol. The monoisotopic (exact) mass is 399 g/mol. The molecule has 8 heteroatoms. The van der Waals surface area contributed by atoms with E-state index in [1.807, 2.05) is 34.1 Å². The number of carbonyl (C=O) groups excluding carboxylic acids is 1. The zero-order valence-corrected chi connectivity index (χ0v) is 16.1. The number of carbonyl (C=O) groups is 1. The van der Waals surface area contributed by atoms with Crippen LogP contribution in [0.25, 0.3) is 0 Å². The maximum Gasteiger partial charge on any atom is 0.295 e. The lowest BCUT2D eigenvalue weighted by Gasteiger charge is -2.34. The Bertz CT molecular complexity index is 957. The van der Waals surface area contributed by atoms with Crippen molar-refractivity contribution >= 4 is 23.0 Å². The number of nitro benzene ring substituents is 1. The van der Waals surface area contributed by atoms with Crippen LogP contribution in [-0.4, -0.2) is 37.6 Å². The highest BCUT2D eigenvalue weighted by atomic mass is 19.1. The van der Waals surface area contributed by atoms with Crippen LogP contribution in [0.2, 0.25) is 0 Å². The number of anilines is 2. The molecule has 0 radical (unpaired) electrons. The van der Waals surface area contributed by atoms with Crippen LogP contribution in [0.3, 0.4) is 0 Å². The van der Waals surface area contributed by atoms with Gasteiger partial charge in [0.15, 0.2) is 11.6 Å². The highest BCUT2D eigenvalue weighted by Gasteiger charge is 2.34. The predicted molar refractivity (Wildman–Crippen MR) is 107 cm³/mol. The van der Waals surface area contributed by atoms with Gasteiger partial charge in [0.05, 0.1) is 18.1 Å². The van der Waals surface area contributed by atoms with Gasteiger partial charge in [-0.25, -0.2) is 4.39 Å². The molecule has 7 nitrogen and oxygen atoms in total. The molecule has 2 aromatic rings. The number of benzene rings is 2. The Morgan fingerprint density at radius 1 is 1.17 bits per heavy atom. The van der Waals surface area contributed by atoms with E-state index in [1.165, 1.54) is 18.7 Å². The molecule has 2 heterocycles. The van der Waals surface area contributed by atoms with Crippen LogP contribution in [0.1, 0.15) is 18.4 Å². The minimum Gasteiger partial charge on any atom is -0.494 e. The normalized spacial score (nSPS) is 16.6. The molecule has 0 aromatic heterocycles. The van der Waals surface area contributed by atoms with Gasteiger partial charge >= 0.3 is 0 Å². The van der Waals surface area contributed by atoms with Gasteiger partial charge in [0.1, 0.15) is 5.69 Å². The van der Waals surface area contributed by atoms with Gasteiger partial charge in [-0.1, -0.05) is 18.2 Å². The van der Waals surface area contributed by atoms with E-state index >= 15 is 0 Å². The van der Waals surface area contributed by atoms with Gasteiger partial charge < -0.3 is 14.5 Å². The number of nitro groups is 1. The topological polar surface area (TPSA) is 75.9 Å². The third-order valence-corrected chi connectivity index (χ3v) is 5.78. The lowest BCUT2D eigenvalue weighted by atomic mass is 9.94. The summed E-state index contributed by atoms with van der Waals surface area (Å²) in [6.07, 6.45) is 2.05. The number of amides is 1. The summed E-state index contributed by atoms with van der Waals surface area (Å²) in [6.45, 7) is 1.67. The highest BCUT2D eigenvalue weighted by Crippen LogP contribution is 2.37. The Hall–Kier alpha value is -3.16. The Kier molecular flexibility index (Phi) is 5.08. The molecule has 1 amide bonds. The third-order valence-electron chi connectivity index (χ3n) is 5.78. The van der Waals surface area contributed by atoms with Crippen molar-refractivity contribution in [1.29, 1.82) is 0 Å². The van der Waals surface area contributed by atoms with Crippen LogP contribution in [0.15, 0.2) is 36.4 Å². The fraction of sp³-hybridized carbons (Fsp3) is 0.381. The number of methoxy groups -OCH3 is 1. The number of hydrogen-bond donors (Lipinski definition) is 0. The molecule has 2 aliphatic heterocycles. The van der Waals surface area contributed by atoms with Gasteiger partial charge in [0, 0.05) is 37.3 Å². The second-order valence-electron chi connectivity index (χ2n) is 7.36. The average molecular weight is 399 g/mol. The zero-order chi connectivity index (χ0) is 20.5. The Morgan fingerprint density at radius 2 is 1.90 bits per heavy atom. The third kappa shape index (κ3) is 3.50. The minimum atomic E-state index is -0.763. The van der Waals surface area contributed by atoms with Gasteiger partial charge in [-0.3, -0.25) is 14.9 Å². The number of rotatable bonds is 4. The molecule has 2 aliphatic rings. The summed E-state index contributed by atoms with van der Waals surface area (Å²) < 4.78 is 18.9. The van der Waals surface area contributed by atoms with Gasteiger partial charge in [-0.05, 0) is 30.9 Å². The van der Waals surface area contributed by atoms with Gasteiger partial charge in [-0.2, -0.15) is 0 Å². The molecular formula is C21H22FN3O4. The van der Waals surface area contributed by atoms with Gasteiger partial charge in [0.2, 0.25) is 5.91 Å². The number of nitrogens with zero attached hydrogens (tertiary/aromatic N) is 3. The Labute approximate surface area is 167 Å². The number of fused-ring (bicyclic) bond motifs is 1. The first-order chi connectivity index (χ1) is 14.0.